The Morgan fingerprint density at radius 1 is 1.43 bits per heavy atom. The molecule has 0 N–H and O–H groups in total. The zero-order valence-electron chi connectivity index (χ0n) is 4.65. The standard InChI is InChI=1S/C6H11I/c1-5-3-2-4-6(5)7/h5-6H,2-4H2,1H3/t5?,6-/m1/s1. The zero-order chi connectivity index (χ0) is 5.28. The molecule has 0 aliphatic heterocycles. The van der Waals surface area contributed by atoms with Gasteiger partial charge < -0.3 is 0 Å². The summed E-state index contributed by atoms with van der Waals surface area (Å²) in [5, 5.41) is 0. The van der Waals surface area contributed by atoms with Crippen LogP contribution in [0, 0.1) is 5.92 Å². The van der Waals surface area contributed by atoms with Crippen LogP contribution in [0.1, 0.15) is 26.2 Å². The fraction of sp³-hybridized carbons (Fsp3) is 1.00. The summed E-state index contributed by atoms with van der Waals surface area (Å²) in [6.07, 6.45) is 4.39. The van der Waals surface area contributed by atoms with E-state index in [0.717, 1.165) is 9.84 Å². The van der Waals surface area contributed by atoms with Crippen LogP contribution in [0.25, 0.3) is 0 Å². The van der Waals surface area contributed by atoms with Crippen molar-refractivity contribution >= 4 is 22.6 Å². The molecule has 0 aromatic heterocycles. The van der Waals surface area contributed by atoms with E-state index in [9.17, 15) is 0 Å². The van der Waals surface area contributed by atoms with E-state index in [-0.39, 0.29) is 0 Å². The van der Waals surface area contributed by atoms with Crippen molar-refractivity contribution in [1.82, 2.24) is 0 Å². The third-order valence-corrected chi connectivity index (χ3v) is 3.61. The minimum atomic E-state index is 0.984. The molecule has 0 aromatic carbocycles. The van der Waals surface area contributed by atoms with Gasteiger partial charge in [-0.3, -0.25) is 0 Å². The first-order valence-corrected chi connectivity index (χ1v) is 4.19. The molecular formula is C6H11I. The van der Waals surface area contributed by atoms with Crippen LogP contribution >= 0.6 is 22.6 Å². The Hall–Kier alpha value is 0.730. The highest BCUT2D eigenvalue weighted by atomic mass is 127. The summed E-state index contributed by atoms with van der Waals surface area (Å²) in [5.41, 5.74) is 0. The van der Waals surface area contributed by atoms with E-state index in [1.54, 1.807) is 0 Å². The Bertz CT molecular complexity index is 53.2. The summed E-state index contributed by atoms with van der Waals surface area (Å²) >= 11 is 2.56. The van der Waals surface area contributed by atoms with Crippen LogP contribution < -0.4 is 0 Å². The van der Waals surface area contributed by atoms with Crippen molar-refractivity contribution in [2.75, 3.05) is 0 Å². The average molecular weight is 210 g/mol. The number of hydrogen-bond acceptors (Lipinski definition) is 0. The molecule has 1 heteroatoms. The van der Waals surface area contributed by atoms with Crippen LogP contribution in [0.15, 0.2) is 0 Å². The topological polar surface area (TPSA) is 0 Å². The Morgan fingerprint density at radius 2 is 2.14 bits per heavy atom. The highest BCUT2D eigenvalue weighted by Gasteiger charge is 2.19. The summed E-state index contributed by atoms with van der Waals surface area (Å²) in [6, 6.07) is 0. The van der Waals surface area contributed by atoms with Gasteiger partial charge in [0.2, 0.25) is 0 Å². The largest absolute Gasteiger partial charge is 0.0823 e. The Kier molecular flexibility index (Phi) is 1.95. The van der Waals surface area contributed by atoms with Gasteiger partial charge in [0, 0.05) is 3.92 Å². The molecule has 1 saturated carbocycles. The van der Waals surface area contributed by atoms with Gasteiger partial charge in [0.05, 0.1) is 0 Å². The maximum atomic E-state index is 2.56. The fourth-order valence-electron chi connectivity index (χ4n) is 1.10. The molecule has 0 spiro atoms. The predicted octanol–water partition coefficient (Wildman–Crippen LogP) is 2.61. The lowest BCUT2D eigenvalue weighted by atomic mass is 10.1. The van der Waals surface area contributed by atoms with Crippen LogP contribution in [-0.2, 0) is 0 Å². The molecule has 0 aromatic rings. The first-order chi connectivity index (χ1) is 3.30. The zero-order valence-corrected chi connectivity index (χ0v) is 6.81. The maximum Gasteiger partial charge on any atom is 0.0135 e. The first-order valence-electron chi connectivity index (χ1n) is 2.95. The van der Waals surface area contributed by atoms with E-state index in [1.165, 1.54) is 19.3 Å². The first kappa shape index (κ1) is 5.86. The van der Waals surface area contributed by atoms with Crippen molar-refractivity contribution in [1.29, 1.82) is 0 Å². The normalized spacial score (nSPS) is 42.0. The summed E-state index contributed by atoms with van der Waals surface area (Å²) in [5.74, 6) is 1.00. The summed E-state index contributed by atoms with van der Waals surface area (Å²) in [4.78, 5) is 0. The van der Waals surface area contributed by atoms with Crippen LogP contribution in [0.3, 0.4) is 0 Å². The van der Waals surface area contributed by atoms with Gasteiger partial charge in [-0.15, -0.1) is 0 Å². The monoisotopic (exact) mass is 210 g/mol. The maximum absolute atomic E-state index is 2.56. The van der Waals surface area contributed by atoms with Gasteiger partial charge in [0.25, 0.3) is 0 Å². The van der Waals surface area contributed by atoms with Gasteiger partial charge >= 0.3 is 0 Å². The fourth-order valence-corrected chi connectivity index (χ4v) is 1.90. The molecule has 1 aliphatic rings. The van der Waals surface area contributed by atoms with Crippen molar-refractivity contribution in [3.8, 4) is 0 Å². The van der Waals surface area contributed by atoms with Crippen LogP contribution in [0.5, 0.6) is 0 Å². The molecule has 0 saturated heterocycles. The molecule has 0 radical (unpaired) electrons. The van der Waals surface area contributed by atoms with Gasteiger partial charge in [-0.25, -0.2) is 0 Å². The van der Waals surface area contributed by atoms with Crippen molar-refractivity contribution in [2.24, 2.45) is 5.92 Å². The van der Waals surface area contributed by atoms with Crippen LogP contribution in [0.4, 0.5) is 0 Å². The van der Waals surface area contributed by atoms with Crippen LogP contribution in [0.2, 0.25) is 0 Å². The Labute approximate surface area is 58.8 Å². The van der Waals surface area contributed by atoms with Crippen molar-refractivity contribution in [3.63, 3.8) is 0 Å². The summed E-state index contributed by atoms with van der Waals surface area (Å²) < 4.78 is 0.984. The Balaban J connectivity index is 2.33. The Morgan fingerprint density at radius 3 is 2.29 bits per heavy atom. The molecule has 0 bridgehead atoms. The van der Waals surface area contributed by atoms with Gasteiger partial charge in [-0.05, 0) is 18.8 Å². The van der Waals surface area contributed by atoms with Gasteiger partial charge in [-0.1, -0.05) is 35.9 Å². The third-order valence-electron chi connectivity index (χ3n) is 1.76. The summed E-state index contributed by atoms with van der Waals surface area (Å²) in [6.45, 7) is 2.35. The lowest BCUT2D eigenvalue weighted by Gasteiger charge is -2.03. The predicted molar refractivity (Wildman–Crippen MR) is 40.8 cm³/mol. The number of alkyl halides is 1. The molecule has 1 unspecified atom stereocenters. The molecule has 1 fully saturated rings. The van der Waals surface area contributed by atoms with Gasteiger partial charge in [0.15, 0.2) is 0 Å². The molecule has 0 amide bonds. The van der Waals surface area contributed by atoms with E-state index in [0.29, 0.717) is 0 Å². The molecule has 1 rings (SSSR count). The minimum absolute atomic E-state index is 0.984. The molecule has 1 aliphatic carbocycles. The second-order valence-corrected chi connectivity index (χ2v) is 4.02. The lowest BCUT2D eigenvalue weighted by Crippen LogP contribution is -1.98. The van der Waals surface area contributed by atoms with Crippen molar-refractivity contribution in [3.05, 3.63) is 0 Å². The molecule has 2 atom stereocenters. The van der Waals surface area contributed by atoms with Crippen molar-refractivity contribution in [2.45, 2.75) is 30.1 Å². The van der Waals surface area contributed by atoms with Gasteiger partial charge in [0.1, 0.15) is 0 Å². The van der Waals surface area contributed by atoms with Gasteiger partial charge in [-0.2, -0.15) is 0 Å². The highest BCUT2D eigenvalue weighted by Crippen LogP contribution is 2.30. The smallest absolute Gasteiger partial charge is 0.0135 e. The van der Waals surface area contributed by atoms with E-state index < -0.39 is 0 Å². The lowest BCUT2D eigenvalue weighted by molar-refractivity contribution is 0.638. The third kappa shape index (κ3) is 1.31. The molecule has 0 heterocycles. The van der Waals surface area contributed by atoms with Crippen molar-refractivity contribution < 1.29 is 0 Å². The molecular weight excluding hydrogens is 199 g/mol. The SMILES string of the molecule is CC1CCC[C@H]1I. The van der Waals surface area contributed by atoms with Crippen LogP contribution in [-0.4, -0.2) is 3.92 Å². The molecule has 7 heavy (non-hydrogen) atoms. The number of rotatable bonds is 0. The molecule has 0 nitrogen and oxygen atoms in total. The number of hydrogen-bond donors (Lipinski definition) is 0. The second kappa shape index (κ2) is 2.33. The van der Waals surface area contributed by atoms with E-state index in [1.807, 2.05) is 0 Å². The number of halogens is 1. The van der Waals surface area contributed by atoms with E-state index in [2.05, 4.69) is 29.5 Å². The second-order valence-electron chi connectivity index (χ2n) is 2.42. The minimum Gasteiger partial charge on any atom is -0.0823 e. The highest BCUT2D eigenvalue weighted by molar-refractivity contribution is 14.1. The summed E-state index contributed by atoms with van der Waals surface area (Å²) in [7, 11) is 0. The van der Waals surface area contributed by atoms with E-state index in [4.69, 9.17) is 0 Å². The van der Waals surface area contributed by atoms with E-state index >= 15 is 0 Å². The quantitative estimate of drug-likeness (QED) is 0.425. The average Bonchev–Trinajstić information content (AvgIpc) is 1.91. The molecule has 42 valence electrons.